The van der Waals surface area contributed by atoms with Gasteiger partial charge < -0.3 is 10.0 Å². The molecule has 1 aliphatic carbocycles. The van der Waals surface area contributed by atoms with Crippen molar-refractivity contribution in [3.8, 4) is 0 Å². The van der Waals surface area contributed by atoms with Crippen LogP contribution in [-0.2, 0) is 0 Å². The summed E-state index contributed by atoms with van der Waals surface area (Å²) in [6.07, 6.45) is -8.50. The highest BCUT2D eigenvalue weighted by molar-refractivity contribution is 5.93. The second-order valence-electron chi connectivity index (χ2n) is 6.56. The minimum Gasteiger partial charge on any atom is -0.384 e. The maximum absolute atomic E-state index is 14.0. The van der Waals surface area contributed by atoms with Crippen molar-refractivity contribution >= 4 is 5.91 Å². The third-order valence-corrected chi connectivity index (χ3v) is 4.85. The van der Waals surface area contributed by atoms with Crippen LogP contribution >= 0.6 is 0 Å². The number of pyridine rings is 1. The van der Waals surface area contributed by atoms with Gasteiger partial charge in [-0.3, -0.25) is 4.79 Å². The van der Waals surface area contributed by atoms with E-state index in [2.05, 4.69) is 4.98 Å². The van der Waals surface area contributed by atoms with Crippen LogP contribution in [0.5, 0.6) is 0 Å². The highest BCUT2D eigenvalue weighted by atomic mass is 19.3. The number of aliphatic hydroxyl groups is 1. The van der Waals surface area contributed by atoms with Crippen molar-refractivity contribution in [1.29, 1.82) is 0 Å². The molecule has 1 N–H and O–H groups in total. The van der Waals surface area contributed by atoms with Crippen LogP contribution in [0.1, 0.15) is 41.9 Å². The Hall–Kier alpha value is -1.91. The van der Waals surface area contributed by atoms with Gasteiger partial charge in [0.15, 0.2) is 5.82 Å². The van der Waals surface area contributed by atoms with Crippen LogP contribution in [0.25, 0.3) is 0 Å². The lowest BCUT2D eigenvalue weighted by atomic mass is 9.89. The Morgan fingerprint density at radius 2 is 1.88 bits per heavy atom. The summed E-state index contributed by atoms with van der Waals surface area (Å²) < 4.78 is 94.1. The second kappa shape index (κ2) is 5.80. The van der Waals surface area contributed by atoms with E-state index in [1.807, 2.05) is 0 Å². The summed E-state index contributed by atoms with van der Waals surface area (Å²) in [6.45, 7) is -1.37. The molecular formula is C15H13F7N2O2. The van der Waals surface area contributed by atoms with Crippen molar-refractivity contribution in [3.63, 3.8) is 0 Å². The van der Waals surface area contributed by atoms with Gasteiger partial charge in [-0.15, -0.1) is 0 Å². The smallest absolute Gasteiger partial charge is 0.292 e. The van der Waals surface area contributed by atoms with E-state index in [9.17, 15) is 40.6 Å². The molecule has 1 saturated carbocycles. The number of carbonyl (C=O) groups is 1. The number of alkyl halides is 6. The number of halogens is 7. The highest BCUT2D eigenvalue weighted by Crippen LogP contribution is 2.54. The van der Waals surface area contributed by atoms with E-state index < -0.39 is 78.8 Å². The largest absolute Gasteiger partial charge is 0.384 e. The minimum atomic E-state index is -3.86. The van der Waals surface area contributed by atoms with Gasteiger partial charge in [0.1, 0.15) is 17.5 Å². The monoisotopic (exact) mass is 386 g/mol. The van der Waals surface area contributed by atoms with Crippen molar-refractivity contribution in [2.75, 3.05) is 6.54 Å². The summed E-state index contributed by atoms with van der Waals surface area (Å²) in [6, 6.07) is 1.22. The summed E-state index contributed by atoms with van der Waals surface area (Å²) in [5.74, 6) is -9.97. The number of aromatic nitrogens is 1. The number of carbonyl (C=O) groups excluding carboxylic acids is 1. The van der Waals surface area contributed by atoms with E-state index in [0.717, 1.165) is 0 Å². The van der Waals surface area contributed by atoms with Crippen molar-refractivity contribution in [2.24, 2.45) is 0 Å². The summed E-state index contributed by atoms with van der Waals surface area (Å²) in [7, 11) is 0. The fraction of sp³-hybridized carbons (Fsp3) is 0.600. The molecule has 2 heterocycles. The lowest BCUT2D eigenvalue weighted by Gasteiger charge is -2.36. The first-order valence-corrected chi connectivity index (χ1v) is 7.60. The number of hydrogen-bond donors (Lipinski definition) is 1. The number of hydrogen-bond acceptors (Lipinski definition) is 3. The van der Waals surface area contributed by atoms with Gasteiger partial charge in [-0.2, -0.15) is 0 Å². The van der Waals surface area contributed by atoms with E-state index in [0.29, 0.717) is 17.0 Å². The van der Waals surface area contributed by atoms with Crippen LogP contribution in [0.4, 0.5) is 30.7 Å². The molecule has 144 valence electrons. The van der Waals surface area contributed by atoms with Gasteiger partial charge in [0, 0.05) is 12.8 Å². The van der Waals surface area contributed by atoms with Gasteiger partial charge in [0.05, 0.1) is 12.1 Å². The Morgan fingerprint density at radius 1 is 1.23 bits per heavy atom. The average molecular weight is 386 g/mol. The molecule has 0 unspecified atom stereocenters. The molecule has 2 fully saturated rings. The molecule has 1 aromatic heterocycles. The van der Waals surface area contributed by atoms with Gasteiger partial charge in [-0.25, -0.2) is 35.7 Å². The predicted octanol–water partition coefficient (Wildman–Crippen LogP) is 3.17. The summed E-state index contributed by atoms with van der Waals surface area (Å²) in [4.78, 5) is 16.1. The third-order valence-electron chi connectivity index (χ3n) is 4.85. The molecule has 0 bridgehead atoms. The van der Waals surface area contributed by atoms with Crippen molar-refractivity contribution in [2.45, 2.75) is 49.2 Å². The average Bonchev–Trinajstić information content (AvgIpc) is 2.96. The zero-order valence-corrected chi connectivity index (χ0v) is 13.0. The molecule has 2 atom stereocenters. The maximum Gasteiger partial charge on any atom is 0.292 e. The molecule has 3 rings (SSSR count). The van der Waals surface area contributed by atoms with E-state index in [1.165, 1.54) is 0 Å². The SMILES string of the molecule is O=C(c1ccc(F)c(C(F)F)n1)N1CC(F)(F)[C@@H](O)[C@]12CCC(F)(F)C2. The van der Waals surface area contributed by atoms with Crippen LogP contribution in [0.2, 0.25) is 0 Å². The molecule has 4 nitrogen and oxygen atoms in total. The molecule has 11 heteroatoms. The molecule has 0 radical (unpaired) electrons. The van der Waals surface area contributed by atoms with Gasteiger partial charge in [-0.1, -0.05) is 0 Å². The van der Waals surface area contributed by atoms with Crippen LogP contribution < -0.4 is 0 Å². The van der Waals surface area contributed by atoms with E-state index in [4.69, 9.17) is 0 Å². The molecule has 1 aromatic rings. The second-order valence-corrected chi connectivity index (χ2v) is 6.56. The number of amides is 1. The van der Waals surface area contributed by atoms with Crippen LogP contribution in [0, 0.1) is 5.82 Å². The first-order valence-electron chi connectivity index (χ1n) is 7.60. The zero-order chi connectivity index (χ0) is 19.5. The van der Waals surface area contributed by atoms with E-state index >= 15 is 0 Å². The Balaban J connectivity index is 2.02. The zero-order valence-electron chi connectivity index (χ0n) is 13.0. The first kappa shape index (κ1) is 18.9. The van der Waals surface area contributed by atoms with Crippen molar-refractivity contribution in [1.82, 2.24) is 9.88 Å². The molecule has 1 amide bonds. The molecule has 26 heavy (non-hydrogen) atoms. The Labute approximate surface area is 142 Å². The van der Waals surface area contributed by atoms with Crippen molar-refractivity contribution < 1.29 is 40.6 Å². The first-order chi connectivity index (χ1) is 11.9. The number of nitrogens with zero attached hydrogens (tertiary/aromatic N) is 2. The normalized spacial score (nSPS) is 29.7. The summed E-state index contributed by atoms with van der Waals surface area (Å²) >= 11 is 0. The summed E-state index contributed by atoms with van der Waals surface area (Å²) in [5, 5.41) is 9.91. The fourth-order valence-corrected chi connectivity index (χ4v) is 3.63. The van der Waals surface area contributed by atoms with Gasteiger partial charge in [0.25, 0.3) is 24.2 Å². The predicted molar refractivity (Wildman–Crippen MR) is 72.7 cm³/mol. The number of rotatable bonds is 2. The molecule has 1 saturated heterocycles. The fourth-order valence-electron chi connectivity index (χ4n) is 3.63. The Kier molecular flexibility index (Phi) is 4.21. The molecule has 1 spiro atoms. The minimum absolute atomic E-state index is 0.355. The summed E-state index contributed by atoms with van der Waals surface area (Å²) in [5.41, 5.74) is -4.39. The van der Waals surface area contributed by atoms with Crippen LogP contribution in [0.3, 0.4) is 0 Å². The topological polar surface area (TPSA) is 53.4 Å². The molecule has 0 aromatic carbocycles. The van der Waals surface area contributed by atoms with Crippen LogP contribution in [0.15, 0.2) is 12.1 Å². The Bertz CT molecular complexity index is 743. The van der Waals surface area contributed by atoms with Gasteiger partial charge >= 0.3 is 0 Å². The van der Waals surface area contributed by atoms with E-state index in [1.54, 1.807) is 0 Å². The molecule has 1 aliphatic heterocycles. The highest BCUT2D eigenvalue weighted by Gasteiger charge is 2.69. The quantitative estimate of drug-likeness (QED) is 0.795. The number of likely N-dealkylation sites (tertiary alicyclic amines) is 1. The number of aliphatic hydroxyl groups excluding tert-OH is 1. The van der Waals surface area contributed by atoms with Gasteiger partial charge in [0.2, 0.25) is 0 Å². The molecule has 2 aliphatic rings. The standard InChI is InChI=1S/C15H13F7N2O2/c16-7-1-2-8(23-9(7)10(17)18)11(25)24-6-15(21,22)12(26)13(24)3-4-14(19,20)5-13/h1-2,10,12,26H,3-6H2/t12-,13+/m0/s1. The maximum atomic E-state index is 14.0. The lowest BCUT2D eigenvalue weighted by molar-refractivity contribution is -0.102. The third kappa shape index (κ3) is 2.81. The van der Waals surface area contributed by atoms with E-state index in [-0.39, 0.29) is 0 Å². The van der Waals surface area contributed by atoms with Gasteiger partial charge in [-0.05, 0) is 18.6 Å². The Morgan fingerprint density at radius 3 is 2.42 bits per heavy atom. The van der Waals surface area contributed by atoms with Crippen molar-refractivity contribution in [3.05, 3.63) is 29.3 Å². The lowest BCUT2D eigenvalue weighted by Crippen LogP contribution is -2.53. The van der Waals surface area contributed by atoms with Crippen LogP contribution in [-0.4, -0.2) is 50.9 Å². The molecular weight excluding hydrogens is 373 g/mol.